The molecule has 2 N–H and O–H groups in total. The molecule has 0 aliphatic heterocycles. The van der Waals surface area contributed by atoms with Crippen LogP contribution in [0.4, 0.5) is 0 Å². The van der Waals surface area contributed by atoms with Gasteiger partial charge in [-0.05, 0) is 6.42 Å². The fraction of sp³-hybridized carbons (Fsp3) is 0.882. The van der Waals surface area contributed by atoms with Crippen LogP contribution in [0.3, 0.4) is 0 Å². The fourth-order valence-electron chi connectivity index (χ4n) is 1.75. The highest BCUT2D eigenvalue weighted by atomic mass is 127. The van der Waals surface area contributed by atoms with Gasteiger partial charge >= 0.3 is 5.97 Å². The number of halogens is 1. The molecular weight excluding hydrogens is 473 g/mol. The lowest BCUT2D eigenvalue weighted by molar-refractivity contribution is -0.138. The van der Waals surface area contributed by atoms with Crippen LogP contribution < -0.4 is 5.32 Å². The van der Waals surface area contributed by atoms with Gasteiger partial charge in [0.25, 0.3) is 0 Å². The third-order valence-corrected chi connectivity index (χ3v) is 3.50. The maximum atomic E-state index is 11.3. The number of carboxylic acids is 1. The van der Waals surface area contributed by atoms with Gasteiger partial charge in [-0.3, -0.25) is 9.59 Å². The van der Waals surface area contributed by atoms with E-state index in [2.05, 4.69) is 27.9 Å². The maximum absolute atomic E-state index is 11.3. The summed E-state index contributed by atoms with van der Waals surface area (Å²) >= 11 is 2.26. The molecule has 0 spiro atoms. The molecule has 0 unspecified atom stereocenters. The lowest BCUT2D eigenvalue weighted by atomic mass is 10.3. The van der Waals surface area contributed by atoms with Crippen LogP contribution in [0.2, 0.25) is 0 Å². The summed E-state index contributed by atoms with van der Waals surface area (Å²) in [6.45, 7) is 5.99. The molecule has 0 bridgehead atoms. The first-order valence-electron chi connectivity index (χ1n) is 9.10. The number of amides is 1. The van der Waals surface area contributed by atoms with E-state index in [1.165, 1.54) is 0 Å². The van der Waals surface area contributed by atoms with Crippen molar-refractivity contribution < 1.29 is 38.4 Å². The zero-order valence-electron chi connectivity index (χ0n) is 15.8. The average molecular weight is 505 g/mol. The van der Waals surface area contributed by atoms with E-state index in [9.17, 15) is 9.59 Å². The minimum Gasteiger partial charge on any atom is -0.481 e. The Hall–Kier alpha value is -0.530. The molecule has 27 heavy (non-hydrogen) atoms. The first kappa shape index (κ1) is 26.5. The maximum Gasteiger partial charge on any atom is 0.303 e. The lowest BCUT2D eigenvalue weighted by Gasteiger charge is -2.08. The Morgan fingerprint density at radius 1 is 0.704 bits per heavy atom. The summed E-state index contributed by atoms with van der Waals surface area (Å²) < 4.78 is 27.7. The van der Waals surface area contributed by atoms with Crippen molar-refractivity contribution in [2.75, 3.05) is 77.0 Å². The third kappa shape index (κ3) is 23.4. The number of rotatable bonds is 21. The zero-order chi connectivity index (χ0) is 20.0. The number of hydrogen-bond acceptors (Lipinski definition) is 7. The van der Waals surface area contributed by atoms with Crippen molar-refractivity contribution in [3.05, 3.63) is 0 Å². The van der Waals surface area contributed by atoms with E-state index < -0.39 is 5.97 Å². The van der Waals surface area contributed by atoms with Crippen molar-refractivity contribution in [1.82, 2.24) is 5.32 Å². The molecule has 0 saturated carbocycles. The van der Waals surface area contributed by atoms with Crippen molar-refractivity contribution in [3.63, 3.8) is 0 Å². The largest absolute Gasteiger partial charge is 0.481 e. The molecule has 0 aliphatic rings. The van der Waals surface area contributed by atoms with E-state index >= 15 is 0 Å². The molecule has 0 aromatic rings. The molecule has 10 heteroatoms. The number of nitrogens with one attached hydrogen (secondary N) is 1. The standard InChI is InChI=1S/C17H32INO8/c18-4-7-24-9-11-26-13-15-27-14-12-25-10-8-23-6-1-5-19-16(20)2-3-17(21)22/h1-15H2,(H,19,20)(H,21,22). The number of carbonyl (C=O) groups is 2. The highest BCUT2D eigenvalue weighted by Gasteiger charge is 2.04. The summed E-state index contributed by atoms with van der Waals surface area (Å²) in [6, 6.07) is 0. The summed E-state index contributed by atoms with van der Waals surface area (Å²) in [4.78, 5) is 21.6. The van der Waals surface area contributed by atoms with Crippen molar-refractivity contribution in [3.8, 4) is 0 Å². The van der Waals surface area contributed by atoms with Gasteiger partial charge in [0.2, 0.25) is 5.91 Å². The normalized spacial score (nSPS) is 10.9. The summed E-state index contributed by atoms with van der Waals surface area (Å²) in [6.07, 6.45) is 0.528. The quantitative estimate of drug-likeness (QED) is 0.134. The van der Waals surface area contributed by atoms with E-state index in [1.807, 2.05) is 0 Å². The minimum atomic E-state index is -0.972. The zero-order valence-corrected chi connectivity index (χ0v) is 17.9. The summed E-state index contributed by atoms with van der Waals surface area (Å²) in [5, 5.41) is 11.1. The lowest BCUT2D eigenvalue weighted by Crippen LogP contribution is -2.25. The van der Waals surface area contributed by atoms with E-state index in [1.54, 1.807) is 0 Å². The van der Waals surface area contributed by atoms with Crippen molar-refractivity contribution in [1.29, 1.82) is 0 Å². The van der Waals surface area contributed by atoms with Gasteiger partial charge in [-0.2, -0.15) is 0 Å². The van der Waals surface area contributed by atoms with Gasteiger partial charge < -0.3 is 34.1 Å². The SMILES string of the molecule is O=C(O)CCC(=O)NCCCOCCOCCOCCOCCOCCI. The summed E-state index contributed by atoms with van der Waals surface area (Å²) in [5.41, 5.74) is 0. The Labute approximate surface area is 174 Å². The van der Waals surface area contributed by atoms with E-state index in [4.69, 9.17) is 28.8 Å². The molecule has 9 nitrogen and oxygen atoms in total. The fourth-order valence-corrected chi connectivity index (χ4v) is 2.06. The highest BCUT2D eigenvalue weighted by molar-refractivity contribution is 14.1. The van der Waals surface area contributed by atoms with Crippen LogP contribution in [0.15, 0.2) is 0 Å². The average Bonchev–Trinajstić information content (AvgIpc) is 2.65. The van der Waals surface area contributed by atoms with Gasteiger partial charge in [0.05, 0.1) is 65.9 Å². The molecule has 160 valence electrons. The van der Waals surface area contributed by atoms with Gasteiger partial charge in [-0.1, -0.05) is 22.6 Å². The highest BCUT2D eigenvalue weighted by Crippen LogP contribution is 1.90. The predicted molar refractivity (Wildman–Crippen MR) is 107 cm³/mol. The summed E-state index contributed by atoms with van der Waals surface area (Å²) in [7, 11) is 0. The van der Waals surface area contributed by atoms with Crippen LogP contribution in [0.5, 0.6) is 0 Å². The second kappa shape index (κ2) is 21.8. The van der Waals surface area contributed by atoms with Gasteiger partial charge in [0.1, 0.15) is 0 Å². The Kier molecular flexibility index (Phi) is 21.3. The Morgan fingerprint density at radius 2 is 1.15 bits per heavy atom. The number of hydrogen-bond donors (Lipinski definition) is 2. The summed E-state index contributed by atoms with van der Waals surface area (Å²) in [5.74, 6) is -1.23. The number of aliphatic carboxylic acids is 1. The van der Waals surface area contributed by atoms with E-state index in [0.29, 0.717) is 72.4 Å². The predicted octanol–water partition coefficient (Wildman–Crippen LogP) is 0.876. The van der Waals surface area contributed by atoms with Crippen molar-refractivity contribution >= 4 is 34.5 Å². The third-order valence-electron chi connectivity index (χ3n) is 3.06. The van der Waals surface area contributed by atoms with Crippen LogP contribution >= 0.6 is 22.6 Å². The first-order chi connectivity index (χ1) is 13.2. The molecule has 0 rings (SSSR count). The Balaban J connectivity index is 3.09. The number of carbonyl (C=O) groups excluding carboxylic acids is 1. The smallest absolute Gasteiger partial charge is 0.303 e. The molecule has 0 fully saturated rings. The van der Waals surface area contributed by atoms with Crippen LogP contribution in [0.1, 0.15) is 19.3 Å². The first-order valence-corrected chi connectivity index (χ1v) is 10.6. The number of ether oxygens (including phenoxy) is 5. The van der Waals surface area contributed by atoms with E-state index in [-0.39, 0.29) is 18.7 Å². The molecule has 0 saturated heterocycles. The van der Waals surface area contributed by atoms with Gasteiger partial charge in [-0.25, -0.2) is 0 Å². The second-order valence-corrected chi connectivity index (χ2v) is 6.43. The van der Waals surface area contributed by atoms with Gasteiger partial charge in [0, 0.05) is 24.0 Å². The van der Waals surface area contributed by atoms with Crippen LogP contribution in [0.25, 0.3) is 0 Å². The monoisotopic (exact) mass is 505 g/mol. The molecule has 0 aromatic carbocycles. The van der Waals surface area contributed by atoms with E-state index in [0.717, 1.165) is 11.0 Å². The molecule has 1 amide bonds. The molecule has 0 radical (unpaired) electrons. The van der Waals surface area contributed by atoms with Crippen LogP contribution in [-0.4, -0.2) is 94.0 Å². The van der Waals surface area contributed by atoms with Crippen molar-refractivity contribution in [2.45, 2.75) is 19.3 Å². The second-order valence-electron chi connectivity index (χ2n) is 5.35. The molecule has 0 aliphatic carbocycles. The molecule has 0 atom stereocenters. The molecule has 0 aromatic heterocycles. The molecular formula is C17H32INO8. The van der Waals surface area contributed by atoms with Crippen molar-refractivity contribution in [2.24, 2.45) is 0 Å². The van der Waals surface area contributed by atoms with Crippen LogP contribution in [-0.2, 0) is 33.3 Å². The number of carboxylic acid groups (broad SMARTS) is 1. The topological polar surface area (TPSA) is 113 Å². The number of alkyl halides is 1. The van der Waals surface area contributed by atoms with Gasteiger partial charge in [-0.15, -0.1) is 0 Å². The Morgan fingerprint density at radius 3 is 1.59 bits per heavy atom. The Bertz CT molecular complexity index is 360. The van der Waals surface area contributed by atoms with Crippen LogP contribution in [0, 0.1) is 0 Å². The minimum absolute atomic E-state index is 0.00531. The molecule has 0 heterocycles. The van der Waals surface area contributed by atoms with Gasteiger partial charge in [0.15, 0.2) is 0 Å².